The van der Waals surface area contributed by atoms with Gasteiger partial charge < -0.3 is 9.84 Å². The molecule has 76 valence electrons. The molecule has 1 heterocycles. The van der Waals surface area contributed by atoms with Gasteiger partial charge in [-0.25, -0.2) is 0 Å². The lowest BCUT2D eigenvalue weighted by Crippen LogP contribution is -2.31. The summed E-state index contributed by atoms with van der Waals surface area (Å²) in [5.74, 6) is -0.102. The van der Waals surface area contributed by atoms with Crippen molar-refractivity contribution in [2.24, 2.45) is 11.8 Å². The lowest BCUT2D eigenvalue weighted by molar-refractivity contribution is -0.137. The van der Waals surface area contributed by atoms with Gasteiger partial charge in [0, 0.05) is 13.2 Å². The summed E-state index contributed by atoms with van der Waals surface area (Å²) in [6, 6.07) is 0. The minimum absolute atomic E-state index is 0.182. The third-order valence-corrected chi connectivity index (χ3v) is 3.93. The molecule has 1 fully saturated rings. The van der Waals surface area contributed by atoms with Crippen LogP contribution in [0.4, 0.5) is 0 Å². The van der Waals surface area contributed by atoms with Crippen LogP contribution in [0.15, 0.2) is 0 Å². The molecule has 1 saturated heterocycles. The van der Waals surface area contributed by atoms with E-state index in [1.54, 1.807) is 0 Å². The smallest absolute Gasteiger partial charge is 0.317 e. The van der Waals surface area contributed by atoms with Gasteiger partial charge >= 0.3 is 5.97 Å². The summed E-state index contributed by atoms with van der Waals surface area (Å²) in [6.07, 6.45) is 1.97. The molecule has 0 aromatic rings. The summed E-state index contributed by atoms with van der Waals surface area (Å²) in [7, 11) is 0. The van der Waals surface area contributed by atoms with Crippen LogP contribution in [0.25, 0.3) is 0 Å². The number of rotatable bonds is 3. The van der Waals surface area contributed by atoms with Crippen LogP contribution < -0.4 is 0 Å². The second kappa shape index (κ2) is 4.96. The van der Waals surface area contributed by atoms with Crippen LogP contribution in [0.3, 0.4) is 0 Å². The molecule has 0 aliphatic carbocycles. The number of alkyl halides is 1. The molecule has 0 aromatic heterocycles. The number of carbonyl (C=O) groups is 1. The molecule has 1 rings (SSSR count). The molecule has 0 radical (unpaired) electrons. The molecule has 1 N–H and O–H groups in total. The van der Waals surface area contributed by atoms with Gasteiger partial charge in [0.2, 0.25) is 0 Å². The molecule has 3 nitrogen and oxygen atoms in total. The lowest BCUT2D eigenvalue weighted by atomic mass is 9.85. The highest BCUT2D eigenvalue weighted by molar-refractivity contribution is 9.10. The van der Waals surface area contributed by atoms with E-state index in [4.69, 9.17) is 9.84 Å². The maximum absolute atomic E-state index is 10.7. The first-order valence-electron chi connectivity index (χ1n) is 4.57. The first-order valence-corrected chi connectivity index (χ1v) is 5.49. The van der Waals surface area contributed by atoms with Gasteiger partial charge in [-0.1, -0.05) is 22.9 Å². The Morgan fingerprint density at radius 3 is 2.54 bits per heavy atom. The van der Waals surface area contributed by atoms with E-state index in [2.05, 4.69) is 15.9 Å². The first kappa shape index (κ1) is 11.0. The zero-order valence-electron chi connectivity index (χ0n) is 7.70. The Balaban J connectivity index is 2.44. The monoisotopic (exact) mass is 250 g/mol. The van der Waals surface area contributed by atoms with E-state index in [9.17, 15) is 4.79 Å². The van der Waals surface area contributed by atoms with Gasteiger partial charge in [-0.2, -0.15) is 0 Å². The minimum Gasteiger partial charge on any atom is -0.480 e. The van der Waals surface area contributed by atoms with Gasteiger partial charge in [-0.05, 0) is 24.7 Å². The summed E-state index contributed by atoms with van der Waals surface area (Å²) in [5.41, 5.74) is 0. The Bertz CT molecular complexity index is 178. The van der Waals surface area contributed by atoms with Crippen molar-refractivity contribution >= 4 is 21.9 Å². The SMILES string of the molecule is CC(C1CCOCC1)C(Br)C(=O)O. The second-order valence-electron chi connectivity index (χ2n) is 3.55. The molecule has 2 unspecified atom stereocenters. The zero-order valence-corrected chi connectivity index (χ0v) is 9.29. The van der Waals surface area contributed by atoms with E-state index >= 15 is 0 Å². The molecular weight excluding hydrogens is 236 g/mol. The van der Waals surface area contributed by atoms with E-state index in [1.165, 1.54) is 0 Å². The van der Waals surface area contributed by atoms with Crippen LogP contribution in [0.2, 0.25) is 0 Å². The maximum Gasteiger partial charge on any atom is 0.317 e. The second-order valence-corrected chi connectivity index (χ2v) is 4.54. The number of hydrogen-bond acceptors (Lipinski definition) is 2. The van der Waals surface area contributed by atoms with Crippen molar-refractivity contribution in [1.29, 1.82) is 0 Å². The average Bonchev–Trinajstić information content (AvgIpc) is 2.17. The van der Waals surface area contributed by atoms with Gasteiger partial charge in [0.25, 0.3) is 0 Å². The summed E-state index contributed by atoms with van der Waals surface area (Å²) in [6.45, 7) is 3.53. The summed E-state index contributed by atoms with van der Waals surface area (Å²) >= 11 is 3.20. The number of carboxylic acid groups (broad SMARTS) is 1. The van der Waals surface area contributed by atoms with Crippen LogP contribution in [0.1, 0.15) is 19.8 Å². The number of aliphatic carboxylic acids is 1. The van der Waals surface area contributed by atoms with E-state index in [-0.39, 0.29) is 5.92 Å². The predicted octanol–water partition coefficient (Wildman–Crippen LogP) is 1.90. The highest BCUT2D eigenvalue weighted by Gasteiger charge is 2.29. The predicted molar refractivity (Wildman–Crippen MR) is 53.1 cm³/mol. The molecule has 4 heteroatoms. The zero-order chi connectivity index (χ0) is 9.84. The van der Waals surface area contributed by atoms with Crippen molar-refractivity contribution in [1.82, 2.24) is 0 Å². The van der Waals surface area contributed by atoms with E-state index < -0.39 is 10.8 Å². The van der Waals surface area contributed by atoms with E-state index in [1.807, 2.05) is 6.92 Å². The van der Waals surface area contributed by atoms with Crippen LogP contribution >= 0.6 is 15.9 Å². The number of halogens is 1. The van der Waals surface area contributed by atoms with Crippen molar-refractivity contribution in [3.8, 4) is 0 Å². The van der Waals surface area contributed by atoms with Gasteiger partial charge in [-0.3, -0.25) is 4.79 Å². The van der Waals surface area contributed by atoms with Crippen molar-refractivity contribution in [2.75, 3.05) is 13.2 Å². The number of ether oxygens (including phenoxy) is 1. The third kappa shape index (κ3) is 2.95. The summed E-state index contributed by atoms with van der Waals surface area (Å²) < 4.78 is 5.23. The van der Waals surface area contributed by atoms with Crippen LogP contribution in [-0.2, 0) is 9.53 Å². The van der Waals surface area contributed by atoms with E-state index in [0.29, 0.717) is 5.92 Å². The van der Waals surface area contributed by atoms with Crippen LogP contribution in [0, 0.1) is 11.8 Å². The quantitative estimate of drug-likeness (QED) is 0.779. The Hall–Kier alpha value is -0.0900. The molecular formula is C9H15BrO3. The summed E-state index contributed by atoms with van der Waals surface area (Å²) in [5, 5.41) is 8.80. The Labute approximate surface area is 86.6 Å². The molecule has 0 saturated carbocycles. The van der Waals surface area contributed by atoms with E-state index in [0.717, 1.165) is 26.1 Å². The fourth-order valence-corrected chi connectivity index (χ4v) is 2.14. The third-order valence-electron chi connectivity index (χ3n) is 2.71. The van der Waals surface area contributed by atoms with Gasteiger partial charge in [-0.15, -0.1) is 0 Å². The lowest BCUT2D eigenvalue weighted by Gasteiger charge is -2.29. The number of hydrogen-bond donors (Lipinski definition) is 1. The Morgan fingerprint density at radius 1 is 1.54 bits per heavy atom. The van der Waals surface area contributed by atoms with Crippen molar-refractivity contribution < 1.29 is 14.6 Å². The van der Waals surface area contributed by atoms with Gasteiger partial charge in [0.1, 0.15) is 4.83 Å². The van der Waals surface area contributed by atoms with Crippen molar-refractivity contribution in [3.63, 3.8) is 0 Å². The molecule has 0 spiro atoms. The Morgan fingerprint density at radius 2 is 2.08 bits per heavy atom. The maximum atomic E-state index is 10.7. The number of carboxylic acids is 1. The minimum atomic E-state index is -0.765. The van der Waals surface area contributed by atoms with Gasteiger partial charge in [0.15, 0.2) is 0 Å². The van der Waals surface area contributed by atoms with Crippen LogP contribution in [0.5, 0.6) is 0 Å². The molecule has 1 aliphatic rings. The fourth-order valence-electron chi connectivity index (χ4n) is 1.71. The molecule has 0 aromatic carbocycles. The normalized spacial score (nSPS) is 23.8. The largest absolute Gasteiger partial charge is 0.480 e. The average molecular weight is 251 g/mol. The molecule has 13 heavy (non-hydrogen) atoms. The first-order chi connectivity index (χ1) is 6.13. The fraction of sp³-hybridized carbons (Fsp3) is 0.889. The van der Waals surface area contributed by atoms with Crippen LogP contribution in [-0.4, -0.2) is 29.1 Å². The Kier molecular flexibility index (Phi) is 4.19. The topological polar surface area (TPSA) is 46.5 Å². The van der Waals surface area contributed by atoms with Crippen molar-refractivity contribution in [3.05, 3.63) is 0 Å². The molecule has 1 aliphatic heterocycles. The van der Waals surface area contributed by atoms with Gasteiger partial charge in [0.05, 0.1) is 0 Å². The molecule has 2 atom stereocenters. The highest BCUT2D eigenvalue weighted by atomic mass is 79.9. The van der Waals surface area contributed by atoms with Crippen molar-refractivity contribution in [2.45, 2.75) is 24.6 Å². The molecule has 0 amide bonds. The molecule has 0 bridgehead atoms. The summed E-state index contributed by atoms with van der Waals surface area (Å²) in [4.78, 5) is 10.3. The standard InChI is InChI=1S/C9H15BrO3/c1-6(8(10)9(11)12)7-2-4-13-5-3-7/h6-8H,2-5H2,1H3,(H,11,12). The highest BCUT2D eigenvalue weighted by Crippen LogP contribution is 2.29.